The van der Waals surface area contributed by atoms with Crippen LogP contribution in [0.5, 0.6) is 0 Å². The first kappa shape index (κ1) is 19.2. The molecule has 0 bridgehead atoms. The van der Waals surface area contributed by atoms with E-state index in [1.54, 1.807) is 0 Å². The molecule has 0 aliphatic carbocycles. The zero-order valence-corrected chi connectivity index (χ0v) is 14.6. The van der Waals surface area contributed by atoms with Crippen LogP contribution < -0.4 is 10.6 Å². The molecule has 1 amide bonds. The molecule has 1 aliphatic heterocycles. The molecule has 2 unspecified atom stereocenters. The first-order chi connectivity index (χ1) is 9.88. The smallest absolute Gasteiger partial charge is 0.235 e. The fourth-order valence-corrected chi connectivity index (χ4v) is 3.66. The number of benzene rings is 1. The molecule has 1 fully saturated rings. The molecule has 1 saturated heterocycles. The van der Waals surface area contributed by atoms with Gasteiger partial charge in [-0.3, -0.25) is 4.79 Å². The molecule has 1 aliphatic rings. The summed E-state index contributed by atoms with van der Waals surface area (Å²) in [7, 11) is -3.64. The molecule has 0 spiro atoms. The average molecular weight is 367 g/mol. The Labute approximate surface area is 142 Å². The van der Waals surface area contributed by atoms with E-state index in [1.165, 1.54) is 24.3 Å². The topological polar surface area (TPSA) is 75.3 Å². The summed E-state index contributed by atoms with van der Waals surface area (Å²) in [6, 6.07) is 5.96. The highest BCUT2D eigenvalue weighted by atomic mass is 35.5. The summed E-state index contributed by atoms with van der Waals surface area (Å²) in [5.41, 5.74) is 0. The van der Waals surface area contributed by atoms with Crippen LogP contribution in [0.25, 0.3) is 0 Å². The molecule has 0 aromatic heterocycles. The van der Waals surface area contributed by atoms with E-state index in [1.807, 2.05) is 6.92 Å². The number of hydrogen-bond donors (Lipinski definition) is 2. The summed E-state index contributed by atoms with van der Waals surface area (Å²) < 4.78 is 24.3. The van der Waals surface area contributed by atoms with Crippen molar-refractivity contribution in [1.29, 1.82) is 0 Å². The number of amides is 1. The van der Waals surface area contributed by atoms with Crippen molar-refractivity contribution in [3.8, 4) is 0 Å². The Bertz CT molecular complexity index is 605. The number of piperidine rings is 1. The van der Waals surface area contributed by atoms with Gasteiger partial charge in [0, 0.05) is 17.1 Å². The van der Waals surface area contributed by atoms with E-state index >= 15 is 0 Å². The number of rotatable bonds is 4. The molecule has 1 aromatic rings. The van der Waals surface area contributed by atoms with Gasteiger partial charge < -0.3 is 10.6 Å². The van der Waals surface area contributed by atoms with Gasteiger partial charge >= 0.3 is 0 Å². The van der Waals surface area contributed by atoms with E-state index in [4.69, 9.17) is 11.6 Å². The minimum atomic E-state index is -3.64. The van der Waals surface area contributed by atoms with E-state index in [0.717, 1.165) is 19.4 Å². The molecule has 5 nitrogen and oxygen atoms in total. The summed E-state index contributed by atoms with van der Waals surface area (Å²) in [6.45, 7) is 2.91. The summed E-state index contributed by atoms with van der Waals surface area (Å²) >= 11 is 5.73. The van der Waals surface area contributed by atoms with Crippen molar-refractivity contribution in [2.45, 2.75) is 36.7 Å². The highest BCUT2D eigenvalue weighted by molar-refractivity contribution is 7.92. The third-order valence-corrected chi connectivity index (χ3v) is 5.49. The van der Waals surface area contributed by atoms with Crippen molar-refractivity contribution in [2.75, 3.05) is 12.3 Å². The zero-order valence-electron chi connectivity index (χ0n) is 12.2. The van der Waals surface area contributed by atoms with Gasteiger partial charge in [-0.15, -0.1) is 12.4 Å². The predicted octanol–water partition coefficient (Wildman–Crippen LogP) is 1.79. The summed E-state index contributed by atoms with van der Waals surface area (Å²) in [6.07, 6.45) is 1.83. The summed E-state index contributed by atoms with van der Waals surface area (Å²) in [5.74, 6) is -1.01. The van der Waals surface area contributed by atoms with Gasteiger partial charge in [-0.2, -0.15) is 0 Å². The van der Waals surface area contributed by atoms with E-state index in [9.17, 15) is 13.2 Å². The normalized spacial score (nSPS) is 21.7. The Morgan fingerprint density at radius 1 is 1.36 bits per heavy atom. The van der Waals surface area contributed by atoms with Gasteiger partial charge in [-0.05, 0) is 50.6 Å². The molecular weight excluding hydrogens is 347 g/mol. The maximum Gasteiger partial charge on any atom is 0.235 e. The summed E-state index contributed by atoms with van der Waals surface area (Å²) in [4.78, 5) is 12.1. The van der Waals surface area contributed by atoms with Crippen molar-refractivity contribution in [3.63, 3.8) is 0 Å². The van der Waals surface area contributed by atoms with Gasteiger partial charge in [-0.1, -0.05) is 11.6 Å². The van der Waals surface area contributed by atoms with Gasteiger partial charge in [-0.25, -0.2) is 8.42 Å². The monoisotopic (exact) mass is 366 g/mol. The lowest BCUT2D eigenvalue weighted by atomic mass is 10.00. The predicted molar refractivity (Wildman–Crippen MR) is 89.4 cm³/mol. The Balaban J connectivity index is 0.00000242. The molecule has 2 rings (SSSR count). The summed E-state index contributed by atoms with van der Waals surface area (Å²) in [5, 5.41) is 6.52. The largest absolute Gasteiger partial charge is 0.351 e. The number of nitrogens with one attached hydrogen (secondary N) is 2. The molecule has 0 saturated carbocycles. The first-order valence-electron chi connectivity index (χ1n) is 6.89. The second kappa shape index (κ2) is 8.15. The second-order valence-electron chi connectivity index (χ2n) is 5.27. The quantitative estimate of drug-likeness (QED) is 0.851. The third kappa shape index (κ3) is 5.12. The average Bonchev–Trinajstić information content (AvgIpc) is 2.41. The lowest BCUT2D eigenvalue weighted by molar-refractivity contribution is -0.119. The zero-order chi connectivity index (χ0) is 15.5. The van der Waals surface area contributed by atoms with Crippen LogP contribution in [0.1, 0.15) is 19.8 Å². The lowest BCUT2D eigenvalue weighted by Gasteiger charge is -2.30. The molecule has 22 heavy (non-hydrogen) atoms. The second-order valence-corrected chi connectivity index (χ2v) is 7.70. The van der Waals surface area contributed by atoms with E-state index in [-0.39, 0.29) is 29.4 Å². The van der Waals surface area contributed by atoms with Crippen molar-refractivity contribution >= 4 is 39.8 Å². The molecule has 1 heterocycles. The molecule has 8 heteroatoms. The van der Waals surface area contributed by atoms with Crippen LogP contribution in [0.3, 0.4) is 0 Å². The lowest BCUT2D eigenvalue weighted by Crippen LogP contribution is -2.52. The SMILES string of the molecule is CC1NCCCC1NC(=O)CS(=O)(=O)c1ccc(Cl)cc1.Cl. The van der Waals surface area contributed by atoms with Crippen LogP contribution in [0.2, 0.25) is 5.02 Å². The van der Waals surface area contributed by atoms with Crippen LogP contribution in [-0.2, 0) is 14.6 Å². The fraction of sp³-hybridized carbons (Fsp3) is 0.500. The Morgan fingerprint density at radius 3 is 2.59 bits per heavy atom. The van der Waals surface area contributed by atoms with E-state index in [2.05, 4.69) is 10.6 Å². The Kier molecular flexibility index (Phi) is 7.12. The van der Waals surface area contributed by atoms with Gasteiger partial charge in [0.15, 0.2) is 9.84 Å². The first-order valence-corrected chi connectivity index (χ1v) is 8.92. The van der Waals surface area contributed by atoms with Crippen LogP contribution in [0.15, 0.2) is 29.2 Å². The molecule has 124 valence electrons. The van der Waals surface area contributed by atoms with Crippen molar-refractivity contribution in [3.05, 3.63) is 29.3 Å². The number of carbonyl (C=O) groups is 1. The van der Waals surface area contributed by atoms with Crippen LogP contribution >= 0.6 is 24.0 Å². The van der Waals surface area contributed by atoms with Gasteiger partial charge in [0.25, 0.3) is 0 Å². The van der Waals surface area contributed by atoms with E-state index < -0.39 is 21.5 Å². The Morgan fingerprint density at radius 2 is 2.00 bits per heavy atom. The number of sulfone groups is 1. The van der Waals surface area contributed by atoms with Crippen LogP contribution in [0.4, 0.5) is 0 Å². The molecule has 2 atom stereocenters. The number of carbonyl (C=O) groups excluding carboxylic acids is 1. The van der Waals surface area contributed by atoms with Gasteiger partial charge in [0.05, 0.1) is 4.90 Å². The van der Waals surface area contributed by atoms with Crippen molar-refractivity contribution < 1.29 is 13.2 Å². The minimum Gasteiger partial charge on any atom is -0.351 e. The third-order valence-electron chi connectivity index (χ3n) is 3.60. The van der Waals surface area contributed by atoms with E-state index in [0.29, 0.717) is 5.02 Å². The van der Waals surface area contributed by atoms with Gasteiger partial charge in [0.2, 0.25) is 5.91 Å². The highest BCUT2D eigenvalue weighted by Gasteiger charge is 2.25. The fourth-order valence-electron chi connectivity index (χ4n) is 2.39. The van der Waals surface area contributed by atoms with Gasteiger partial charge in [0.1, 0.15) is 5.75 Å². The van der Waals surface area contributed by atoms with Crippen molar-refractivity contribution in [2.24, 2.45) is 0 Å². The standard InChI is InChI=1S/C14H19ClN2O3S.ClH/c1-10-13(3-2-8-16-10)17-14(18)9-21(19,20)12-6-4-11(15)5-7-12;/h4-7,10,13,16H,2-3,8-9H2,1H3,(H,17,18);1H. The maximum absolute atomic E-state index is 12.2. The van der Waals surface area contributed by atoms with Crippen molar-refractivity contribution in [1.82, 2.24) is 10.6 Å². The van der Waals surface area contributed by atoms with Crippen LogP contribution in [0, 0.1) is 0 Å². The number of halogens is 2. The highest BCUT2D eigenvalue weighted by Crippen LogP contribution is 2.15. The molecule has 2 N–H and O–H groups in total. The molecule has 0 radical (unpaired) electrons. The Hall–Kier alpha value is -0.820. The number of hydrogen-bond acceptors (Lipinski definition) is 4. The van der Waals surface area contributed by atoms with Crippen LogP contribution in [-0.4, -0.2) is 38.7 Å². The molecule has 1 aromatic carbocycles. The minimum absolute atomic E-state index is 0. The molecular formula is C14H20Cl2N2O3S. The maximum atomic E-state index is 12.2.